The molecule has 0 aliphatic carbocycles. The van der Waals surface area contributed by atoms with Crippen molar-refractivity contribution in [1.82, 2.24) is 10.2 Å². The number of phenolic OH excluding ortho intramolecular Hbond substituents is 1. The van der Waals surface area contributed by atoms with Gasteiger partial charge in [0, 0.05) is 22.8 Å². The van der Waals surface area contributed by atoms with Crippen LogP contribution >= 0.6 is 0 Å². The van der Waals surface area contributed by atoms with E-state index in [-0.39, 0.29) is 23.5 Å². The standard InChI is InChI=1S/C24H25N3O4/c1-23(2,3)27-20(29)18-17(12-13-8-10-14(28)11-9-13)26-24(19(18)21(27)30)15-6-4-5-7-16(15)25-22(24)31/h4-11,17-19,26,28H,12H2,1-3H3,(H,25,31)/t17-,18+,19-,24+/m0/s1. The van der Waals surface area contributed by atoms with Gasteiger partial charge in [-0.2, -0.15) is 0 Å². The van der Waals surface area contributed by atoms with Gasteiger partial charge in [-0.25, -0.2) is 0 Å². The molecule has 3 aliphatic heterocycles. The third-order valence-electron chi connectivity index (χ3n) is 6.69. The van der Waals surface area contributed by atoms with Gasteiger partial charge in [0.05, 0.1) is 11.8 Å². The zero-order valence-corrected chi connectivity index (χ0v) is 17.7. The number of para-hydroxylation sites is 1. The molecule has 3 amide bonds. The van der Waals surface area contributed by atoms with E-state index >= 15 is 0 Å². The van der Waals surface area contributed by atoms with Gasteiger partial charge in [0.1, 0.15) is 11.3 Å². The van der Waals surface area contributed by atoms with E-state index in [1.54, 1.807) is 24.3 Å². The molecule has 0 saturated carbocycles. The first kappa shape index (κ1) is 19.8. The molecule has 31 heavy (non-hydrogen) atoms. The fourth-order valence-corrected chi connectivity index (χ4v) is 5.48. The van der Waals surface area contributed by atoms with E-state index in [2.05, 4.69) is 10.6 Å². The number of benzene rings is 2. The minimum atomic E-state index is -1.28. The Morgan fingerprint density at radius 1 is 1.00 bits per heavy atom. The van der Waals surface area contributed by atoms with E-state index in [4.69, 9.17) is 0 Å². The summed E-state index contributed by atoms with van der Waals surface area (Å²) < 4.78 is 0. The summed E-state index contributed by atoms with van der Waals surface area (Å²) in [4.78, 5) is 41.9. The summed E-state index contributed by atoms with van der Waals surface area (Å²) in [6.07, 6.45) is 0.454. The molecule has 7 heteroatoms. The van der Waals surface area contributed by atoms with Crippen molar-refractivity contribution in [2.24, 2.45) is 11.8 Å². The van der Waals surface area contributed by atoms with Crippen LogP contribution in [0.2, 0.25) is 0 Å². The Balaban J connectivity index is 1.64. The number of hydrogen-bond acceptors (Lipinski definition) is 5. The lowest BCUT2D eigenvalue weighted by atomic mass is 9.76. The van der Waals surface area contributed by atoms with Gasteiger partial charge in [-0.05, 0) is 51.0 Å². The molecule has 3 N–H and O–H groups in total. The van der Waals surface area contributed by atoms with Crippen LogP contribution in [0.1, 0.15) is 31.9 Å². The van der Waals surface area contributed by atoms with E-state index in [0.717, 1.165) is 5.56 Å². The molecule has 4 atom stereocenters. The lowest BCUT2D eigenvalue weighted by Crippen LogP contribution is -2.56. The number of amides is 3. The van der Waals surface area contributed by atoms with Crippen molar-refractivity contribution < 1.29 is 19.5 Å². The van der Waals surface area contributed by atoms with E-state index in [9.17, 15) is 19.5 Å². The van der Waals surface area contributed by atoms with Gasteiger partial charge < -0.3 is 10.4 Å². The normalized spacial score (nSPS) is 29.5. The molecular formula is C24H25N3O4. The molecule has 0 bridgehead atoms. The first-order valence-corrected chi connectivity index (χ1v) is 10.5. The molecule has 1 spiro atoms. The van der Waals surface area contributed by atoms with Gasteiger partial charge in [0.15, 0.2) is 0 Å². The molecule has 3 aliphatic rings. The summed E-state index contributed by atoms with van der Waals surface area (Å²) in [5, 5.41) is 15.9. The second-order valence-corrected chi connectivity index (χ2v) is 9.62. The Labute approximate surface area is 180 Å². The number of likely N-dealkylation sites (tertiary alicyclic amines) is 1. The predicted molar refractivity (Wildman–Crippen MR) is 114 cm³/mol. The number of hydrogen-bond donors (Lipinski definition) is 3. The number of anilines is 1. The van der Waals surface area contributed by atoms with Crippen LogP contribution in [0.3, 0.4) is 0 Å². The quantitative estimate of drug-likeness (QED) is 0.648. The number of carbonyl (C=O) groups excluding carboxylic acids is 3. The Hall–Kier alpha value is -3.19. The van der Waals surface area contributed by atoms with Crippen molar-refractivity contribution in [3.05, 3.63) is 59.7 Å². The van der Waals surface area contributed by atoms with Gasteiger partial charge in [-0.1, -0.05) is 30.3 Å². The van der Waals surface area contributed by atoms with Crippen molar-refractivity contribution >= 4 is 23.4 Å². The number of fused-ring (bicyclic) bond motifs is 4. The van der Waals surface area contributed by atoms with Crippen LogP contribution in [-0.2, 0) is 26.3 Å². The van der Waals surface area contributed by atoms with Crippen LogP contribution in [0.15, 0.2) is 48.5 Å². The zero-order valence-electron chi connectivity index (χ0n) is 17.7. The molecule has 0 aromatic heterocycles. The molecular weight excluding hydrogens is 394 g/mol. The van der Waals surface area contributed by atoms with E-state index in [1.165, 1.54) is 4.90 Å². The summed E-state index contributed by atoms with van der Waals surface area (Å²) in [5.74, 6) is -2.16. The summed E-state index contributed by atoms with van der Waals surface area (Å²) in [6.45, 7) is 5.50. The van der Waals surface area contributed by atoms with Gasteiger partial charge in [-0.3, -0.25) is 24.6 Å². The third kappa shape index (κ3) is 2.66. The Kier molecular flexibility index (Phi) is 4.08. The molecule has 0 unspecified atom stereocenters. The van der Waals surface area contributed by atoms with Crippen molar-refractivity contribution in [2.75, 3.05) is 5.32 Å². The van der Waals surface area contributed by atoms with Crippen molar-refractivity contribution in [3.63, 3.8) is 0 Å². The van der Waals surface area contributed by atoms with Crippen molar-refractivity contribution in [1.29, 1.82) is 0 Å². The number of aromatic hydroxyl groups is 1. The lowest BCUT2D eigenvalue weighted by molar-refractivity contribution is -0.147. The van der Waals surface area contributed by atoms with E-state index < -0.39 is 29.0 Å². The lowest BCUT2D eigenvalue weighted by Gasteiger charge is -2.34. The van der Waals surface area contributed by atoms with Crippen LogP contribution < -0.4 is 10.6 Å². The SMILES string of the molecule is CC(C)(C)N1C(=O)[C@@H]2[C@H](Cc3ccc(O)cc3)N[C@@]3(C(=O)Nc4ccccc43)[C@@H]2C1=O. The summed E-state index contributed by atoms with van der Waals surface area (Å²) in [6, 6.07) is 13.7. The highest BCUT2D eigenvalue weighted by atomic mass is 16.3. The Morgan fingerprint density at radius 2 is 1.68 bits per heavy atom. The molecule has 3 heterocycles. The maximum Gasteiger partial charge on any atom is 0.250 e. The fraction of sp³-hybridized carbons (Fsp3) is 0.375. The highest BCUT2D eigenvalue weighted by Crippen LogP contribution is 2.54. The summed E-state index contributed by atoms with van der Waals surface area (Å²) >= 11 is 0. The molecule has 0 radical (unpaired) electrons. The van der Waals surface area contributed by atoms with Gasteiger partial charge >= 0.3 is 0 Å². The van der Waals surface area contributed by atoms with E-state index in [0.29, 0.717) is 17.7 Å². The monoisotopic (exact) mass is 419 g/mol. The first-order valence-electron chi connectivity index (χ1n) is 10.5. The fourth-order valence-electron chi connectivity index (χ4n) is 5.48. The predicted octanol–water partition coefficient (Wildman–Crippen LogP) is 2.15. The Bertz CT molecular complexity index is 1100. The maximum atomic E-state index is 13.7. The molecule has 2 aromatic rings. The maximum absolute atomic E-state index is 13.7. The number of nitrogens with one attached hydrogen (secondary N) is 2. The molecule has 2 fully saturated rings. The Morgan fingerprint density at radius 3 is 2.35 bits per heavy atom. The molecule has 2 saturated heterocycles. The van der Waals surface area contributed by atoms with Crippen molar-refractivity contribution in [2.45, 2.75) is 44.3 Å². The molecule has 5 rings (SSSR count). The minimum Gasteiger partial charge on any atom is -0.508 e. The van der Waals surface area contributed by atoms with Crippen LogP contribution in [-0.4, -0.2) is 39.3 Å². The average Bonchev–Trinajstić information content (AvgIpc) is 3.28. The topological polar surface area (TPSA) is 98.7 Å². The number of rotatable bonds is 2. The van der Waals surface area contributed by atoms with Crippen molar-refractivity contribution in [3.8, 4) is 5.75 Å². The second-order valence-electron chi connectivity index (χ2n) is 9.62. The summed E-state index contributed by atoms with van der Waals surface area (Å²) in [5.41, 5.74) is 0.318. The number of nitrogens with zero attached hydrogens (tertiary/aromatic N) is 1. The van der Waals surface area contributed by atoms with Crippen LogP contribution in [0.4, 0.5) is 5.69 Å². The van der Waals surface area contributed by atoms with Crippen LogP contribution in [0.25, 0.3) is 0 Å². The molecule has 160 valence electrons. The van der Waals surface area contributed by atoms with Crippen LogP contribution in [0.5, 0.6) is 5.75 Å². The minimum absolute atomic E-state index is 0.160. The highest BCUT2D eigenvalue weighted by Gasteiger charge is 2.71. The molecule has 7 nitrogen and oxygen atoms in total. The number of phenols is 1. The first-order chi connectivity index (χ1) is 14.6. The average molecular weight is 419 g/mol. The molecule has 2 aromatic carbocycles. The van der Waals surface area contributed by atoms with Crippen LogP contribution in [0, 0.1) is 11.8 Å². The number of carbonyl (C=O) groups is 3. The largest absolute Gasteiger partial charge is 0.508 e. The van der Waals surface area contributed by atoms with Gasteiger partial charge in [0.2, 0.25) is 17.7 Å². The second kappa shape index (κ2) is 6.40. The van der Waals surface area contributed by atoms with E-state index in [1.807, 2.05) is 45.0 Å². The smallest absolute Gasteiger partial charge is 0.250 e. The van der Waals surface area contributed by atoms with Gasteiger partial charge in [-0.15, -0.1) is 0 Å². The zero-order chi connectivity index (χ0) is 22.1. The highest BCUT2D eigenvalue weighted by molar-refractivity contribution is 6.15. The van der Waals surface area contributed by atoms with Gasteiger partial charge in [0.25, 0.3) is 0 Å². The summed E-state index contributed by atoms with van der Waals surface area (Å²) in [7, 11) is 0. The number of imide groups is 1. The third-order valence-corrected chi connectivity index (χ3v) is 6.69.